The minimum atomic E-state index is 0.751. The summed E-state index contributed by atoms with van der Waals surface area (Å²) in [5.74, 6) is 0.751. The van der Waals surface area contributed by atoms with Crippen molar-refractivity contribution in [3.63, 3.8) is 0 Å². The van der Waals surface area contributed by atoms with E-state index in [9.17, 15) is 0 Å². The van der Waals surface area contributed by atoms with Gasteiger partial charge in [-0.3, -0.25) is 0 Å². The number of hydrogen-bond donors (Lipinski definition) is 1. The first-order valence-electron chi connectivity index (χ1n) is 9.19. The molecule has 0 bridgehead atoms. The van der Waals surface area contributed by atoms with Crippen molar-refractivity contribution in [1.29, 1.82) is 0 Å². The number of nitrogens with zero attached hydrogens (tertiary/aromatic N) is 1. The molecule has 1 N–H and O–H groups in total. The lowest BCUT2D eigenvalue weighted by molar-refractivity contribution is 0.348. The molecule has 3 aromatic rings. The van der Waals surface area contributed by atoms with E-state index in [0.29, 0.717) is 0 Å². The summed E-state index contributed by atoms with van der Waals surface area (Å²) in [7, 11) is 0. The molecule has 1 aliphatic heterocycles. The maximum Gasteiger partial charge on any atom is 0.0429 e. The molecule has 25 heavy (non-hydrogen) atoms. The maximum absolute atomic E-state index is 3.40. The van der Waals surface area contributed by atoms with Crippen LogP contribution in [0.15, 0.2) is 60.7 Å². The van der Waals surface area contributed by atoms with Gasteiger partial charge in [-0.2, -0.15) is 0 Å². The van der Waals surface area contributed by atoms with Gasteiger partial charge in [0.2, 0.25) is 0 Å². The molecule has 0 unspecified atom stereocenters. The van der Waals surface area contributed by atoms with Crippen molar-refractivity contribution in [2.24, 2.45) is 5.92 Å². The molecule has 2 heteroatoms. The van der Waals surface area contributed by atoms with E-state index in [1.807, 2.05) is 0 Å². The second-order valence-electron chi connectivity index (χ2n) is 7.38. The van der Waals surface area contributed by atoms with Gasteiger partial charge < -0.3 is 10.2 Å². The lowest BCUT2D eigenvalue weighted by Crippen LogP contribution is -2.48. The van der Waals surface area contributed by atoms with E-state index in [4.69, 9.17) is 0 Å². The Kier molecular flexibility index (Phi) is 4.46. The largest absolute Gasteiger partial charge is 0.367 e. The third-order valence-electron chi connectivity index (χ3n) is 5.22. The van der Waals surface area contributed by atoms with E-state index in [1.165, 1.54) is 33.2 Å². The second kappa shape index (κ2) is 6.89. The molecule has 3 aromatic carbocycles. The van der Waals surface area contributed by atoms with Gasteiger partial charge in [-0.15, -0.1) is 0 Å². The van der Waals surface area contributed by atoms with Gasteiger partial charge in [-0.1, -0.05) is 54.1 Å². The Hall–Kier alpha value is -2.32. The van der Waals surface area contributed by atoms with Crippen LogP contribution in [0.3, 0.4) is 0 Å². The van der Waals surface area contributed by atoms with E-state index in [1.54, 1.807) is 0 Å². The molecule has 0 amide bonds. The third kappa shape index (κ3) is 3.54. The first-order valence-corrected chi connectivity index (χ1v) is 9.19. The molecule has 0 radical (unpaired) electrons. The Morgan fingerprint density at radius 3 is 2.44 bits per heavy atom. The van der Waals surface area contributed by atoms with Crippen molar-refractivity contribution in [3.8, 4) is 0 Å². The van der Waals surface area contributed by atoms with Crippen molar-refractivity contribution < 1.29 is 0 Å². The molecule has 0 aromatic heterocycles. The van der Waals surface area contributed by atoms with E-state index in [-0.39, 0.29) is 0 Å². The Bertz CT molecular complexity index is 880. The highest BCUT2D eigenvalue weighted by molar-refractivity contribution is 5.83. The van der Waals surface area contributed by atoms with Crippen molar-refractivity contribution in [3.05, 3.63) is 77.4 Å². The van der Waals surface area contributed by atoms with Gasteiger partial charge in [-0.05, 0) is 47.9 Å². The van der Waals surface area contributed by atoms with Gasteiger partial charge in [0, 0.05) is 37.8 Å². The smallest absolute Gasteiger partial charge is 0.0429 e. The Labute approximate surface area is 150 Å². The predicted octanol–water partition coefficient (Wildman–Crippen LogP) is 4.68. The lowest BCUT2D eigenvalue weighted by atomic mass is 10.0. The molecule has 1 fully saturated rings. The molecule has 0 atom stereocenters. The highest BCUT2D eigenvalue weighted by Gasteiger charge is 2.21. The number of fused-ring (bicyclic) bond motifs is 1. The fourth-order valence-electron chi connectivity index (χ4n) is 3.76. The highest BCUT2D eigenvalue weighted by Crippen LogP contribution is 2.26. The fourth-order valence-corrected chi connectivity index (χ4v) is 3.76. The van der Waals surface area contributed by atoms with Crippen LogP contribution in [0.2, 0.25) is 0 Å². The summed E-state index contributed by atoms with van der Waals surface area (Å²) in [6, 6.07) is 22.3. The second-order valence-corrected chi connectivity index (χ2v) is 7.38. The molecule has 0 spiro atoms. The summed E-state index contributed by atoms with van der Waals surface area (Å²) in [5, 5.41) is 6.04. The van der Waals surface area contributed by atoms with Crippen molar-refractivity contribution >= 4 is 16.5 Å². The van der Waals surface area contributed by atoms with Crippen LogP contribution >= 0.6 is 0 Å². The third-order valence-corrected chi connectivity index (χ3v) is 5.22. The molecule has 2 nitrogen and oxygen atoms in total. The Balaban J connectivity index is 1.64. The lowest BCUT2D eigenvalue weighted by Gasteiger charge is -2.35. The van der Waals surface area contributed by atoms with Crippen LogP contribution in [0.25, 0.3) is 10.8 Å². The minimum Gasteiger partial charge on any atom is -0.367 e. The van der Waals surface area contributed by atoms with Crippen molar-refractivity contribution in [1.82, 2.24) is 5.32 Å². The van der Waals surface area contributed by atoms with Crippen LogP contribution in [0.1, 0.15) is 16.7 Å². The molecule has 0 aliphatic carbocycles. The Morgan fingerprint density at radius 1 is 0.920 bits per heavy atom. The number of nitrogens with one attached hydrogen (secondary N) is 1. The first-order chi connectivity index (χ1) is 12.2. The number of rotatable bonds is 5. The zero-order chi connectivity index (χ0) is 17.2. The fraction of sp³-hybridized carbons (Fsp3) is 0.304. The minimum absolute atomic E-state index is 0.751. The topological polar surface area (TPSA) is 15.3 Å². The molecule has 1 saturated heterocycles. The van der Waals surface area contributed by atoms with E-state index < -0.39 is 0 Å². The summed E-state index contributed by atoms with van der Waals surface area (Å²) in [6.07, 6.45) is 0. The van der Waals surface area contributed by atoms with Gasteiger partial charge in [0.1, 0.15) is 0 Å². The monoisotopic (exact) mass is 330 g/mol. The van der Waals surface area contributed by atoms with E-state index in [0.717, 1.165) is 32.1 Å². The quantitative estimate of drug-likeness (QED) is 0.730. The van der Waals surface area contributed by atoms with Gasteiger partial charge in [0.25, 0.3) is 0 Å². The van der Waals surface area contributed by atoms with Crippen LogP contribution in [-0.2, 0) is 6.54 Å². The molecule has 0 saturated carbocycles. The number of hydrogen-bond acceptors (Lipinski definition) is 2. The van der Waals surface area contributed by atoms with E-state index >= 15 is 0 Å². The summed E-state index contributed by atoms with van der Waals surface area (Å²) in [6.45, 7) is 8.75. The number of anilines is 1. The molecule has 1 heterocycles. The maximum atomic E-state index is 3.40. The SMILES string of the molecule is Cc1ccc(N(Cc2ccc3ccccc3c2)CC2CNC2)c(C)c1. The van der Waals surface area contributed by atoms with Crippen LogP contribution in [0, 0.1) is 19.8 Å². The van der Waals surface area contributed by atoms with Crippen LogP contribution in [0.4, 0.5) is 5.69 Å². The standard InChI is InChI=1S/C23H26N2/c1-17-7-10-23(18(2)11-17)25(16-20-13-24-14-20)15-19-8-9-21-5-3-4-6-22(21)12-19/h3-12,20,24H,13-16H2,1-2H3. The number of aryl methyl sites for hydroxylation is 2. The zero-order valence-corrected chi connectivity index (χ0v) is 15.1. The molecular formula is C23H26N2. The summed E-state index contributed by atoms with van der Waals surface area (Å²) >= 11 is 0. The predicted molar refractivity (Wildman–Crippen MR) is 107 cm³/mol. The average Bonchev–Trinajstić information content (AvgIpc) is 2.57. The molecule has 128 valence electrons. The average molecular weight is 330 g/mol. The van der Waals surface area contributed by atoms with Crippen molar-refractivity contribution in [2.75, 3.05) is 24.5 Å². The summed E-state index contributed by atoms with van der Waals surface area (Å²) in [4.78, 5) is 2.56. The van der Waals surface area contributed by atoms with Gasteiger partial charge in [-0.25, -0.2) is 0 Å². The molecular weight excluding hydrogens is 304 g/mol. The van der Waals surface area contributed by atoms with E-state index in [2.05, 4.69) is 84.7 Å². The summed E-state index contributed by atoms with van der Waals surface area (Å²) in [5.41, 5.74) is 5.45. The summed E-state index contributed by atoms with van der Waals surface area (Å²) < 4.78 is 0. The van der Waals surface area contributed by atoms with Gasteiger partial charge in [0.05, 0.1) is 0 Å². The number of benzene rings is 3. The highest BCUT2D eigenvalue weighted by atomic mass is 15.1. The normalized spacial score (nSPS) is 14.5. The first kappa shape index (κ1) is 16.2. The van der Waals surface area contributed by atoms with Gasteiger partial charge >= 0.3 is 0 Å². The van der Waals surface area contributed by atoms with Crippen LogP contribution in [-0.4, -0.2) is 19.6 Å². The molecule has 1 aliphatic rings. The zero-order valence-electron chi connectivity index (χ0n) is 15.1. The van der Waals surface area contributed by atoms with Crippen LogP contribution < -0.4 is 10.2 Å². The van der Waals surface area contributed by atoms with Crippen molar-refractivity contribution in [2.45, 2.75) is 20.4 Å². The molecule has 4 rings (SSSR count). The van der Waals surface area contributed by atoms with Crippen LogP contribution in [0.5, 0.6) is 0 Å². The van der Waals surface area contributed by atoms with Gasteiger partial charge in [0.15, 0.2) is 0 Å². The Morgan fingerprint density at radius 2 is 1.72 bits per heavy atom.